The van der Waals surface area contributed by atoms with Gasteiger partial charge < -0.3 is 5.73 Å². The zero-order valence-electron chi connectivity index (χ0n) is 12.2. The van der Waals surface area contributed by atoms with E-state index in [0.29, 0.717) is 5.75 Å². The minimum Gasteiger partial charge on any atom is -0.369 e. The molecular formula is C15H21NO2S. The molecular weight excluding hydrogens is 258 g/mol. The molecule has 4 heteroatoms. The van der Waals surface area contributed by atoms with Crippen LogP contribution in [0, 0.1) is 20.8 Å². The number of carbonyl (C=O) groups excluding carboxylic acids is 2. The maximum absolute atomic E-state index is 11.7. The average molecular weight is 279 g/mol. The monoisotopic (exact) mass is 279 g/mol. The number of ketones is 1. The Kier molecular flexibility index (Phi) is 5.18. The highest BCUT2D eigenvalue weighted by Gasteiger charge is 2.16. The first kappa shape index (κ1) is 15.8. The predicted octanol–water partition coefficient (Wildman–Crippen LogP) is 2.92. The number of benzene rings is 1. The normalized spacial score (nSPS) is 12.3. The van der Waals surface area contributed by atoms with Crippen molar-refractivity contribution in [1.29, 1.82) is 0 Å². The van der Waals surface area contributed by atoms with Crippen LogP contribution in [0.5, 0.6) is 0 Å². The van der Waals surface area contributed by atoms with Gasteiger partial charge in [0.2, 0.25) is 5.91 Å². The Morgan fingerprint density at radius 1 is 1.26 bits per heavy atom. The zero-order chi connectivity index (χ0) is 14.7. The highest BCUT2D eigenvalue weighted by atomic mass is 32.2. The number of primary amides is 1. The Hall–Kier alpha value is -1.29. The van der Waals surface area contributed by atoms with Gasteiger partial charge in [-0.1, -0.05) is 6.07 Å². The zero-order valence-corrected chi connectivity index (χ0v) is 13.0. The van der Waals surface area contributed by atoms with Crippen LogP contribution in [0.25, 0.3) is 0 Å². The smallest absolute Gasteiger partial charge is 0.230 e. The number of rotatable bonds is 5. The topological polar surface area (TPSA) is 60.2 Å². The molecule has 0 saturated heterocycles. The van der Waals surface area contributed by atoms with E-state index < -0.39 is 0 Å². The minimum absolute atomic E-state index is 0.0872. The second-order valence-electron chi connectivity index (χ2n) is 4.90. The van der Waals surface area contributed by atoms with Crippen molar-refractivity contribution in [2.75, 3.05) is 0 Å². The first-order valence-electron chi connectivity index (χ1n) is 6.27. The Morgan fingerprint density at radius 3 is 2.32 bits per heavy atom. The lowest BCUT2D eigenvalue weighted by molar-refractivity contribution is -0.117. The number of carbonyl (C=O) groups is 2. The van der Waals surface area contributed by atoms with E-state index in [9.17, 15) is 9.59 Å². The van der Waals surface area contributed by atoms with E-state index in [4.69, 9.17) is 5.73 Å². The van der Waals surface area contributed by atoms with Gasteiger partial charge in [-0.05, 0) is 56.9 Å². The standard InChI is InChI=1S/C15H21NO2S/c1-8-6-9(2)14(11(4)17)10(3)13(8)7-19-12(5)15(16)18/h6,12H,7H2,1-5H3,(H2,16,18)/t12-/m1/s1. The van der Waals surface area contributed by atoms with E-state index in [1.165, 1.54) is 11.8 Å². The third-order valence-corrected chi connectivity index (χ3v) is 4.55. The molecule has 0 aromatic heterocycles. The Morgan fingerprint density at radius 2 is 1.84 bits per heavy atom. The molecule has 0 aliphatic heterocycles. The molecule has 1 amide bonds. The van der Waals surface area contributed by atoms with Gasteiger partial charge in [0.15, 0.2) is 5.78 Å². The van der Waals surface area contributed by atoms with E-state index >= 15 is 0 Å². The summed E-state index contributed by atoms with van der Waals surface area (Å²) in [7, 11) is 0. The Labute approximate surface area is 119 Å². The van der Waals surface area contributed by atoms with Crippen molar-refractivity contribution in [3.8, 4) is 0 Å². The summed E-state index contributed by atoms with van der Waals surface area (Å²) in [6.45, 7) is 9.36. The average Bonchev–Trinajstić information content (AvgIpc) is 2.26. The second-order valence-corrected chi connectivity index (χ2v) is 6.23. The van der Waals surface area contributed by atoms with E-state index in [1.807, 2.05) is 26.8 Å². The van der Waals surface area contributed by atoms with Crippen molar-refractivity contribution < 1.29 is 9.59 Å². The van der Waals surface area contributed by atoms with E-state index in [-0.39, 0.29) is 16.9 Å². The van der Waals surface area contributed by atoms with Crippen LogP contribution in [0.4, 0.5) is 0 Å². The quantitative estimate of drug-likeness (QED) is 0.843. The van der Waals surface area contributed by atoms with Crippen molar-refractivity contribution in [2.24, 2.45) is 5.73 Å². The molecule has 1 rings (SSSR count). The van der Waals surface area contributed by atoms with Crippen molar-refractivity contribution in [3.05, 3.63) is 33.9 Å². The van der Waals surface area contributed by atoms with E-state index in [2.05, 4.69) is 0 Å². The van der Waals surface area contributed by atoms with Crippen LogP contribution in [-0.2, 0) is 10.5 Å². The molecule has 0 unspecified atom stereocenters. The number of Topliss-reactive ketones (excluding diaryl/α,β-unsaturated/α-hetero) is 1. The number of thioether (sulfide) groups is 1. The summed E-state index contributed by atoms with van der Waals surface area (Å²) >= 11 is 1.51. The van der Waals surface area contributed by atoms with Crippen LogP contribution in [0.1, 0.15) is 46.5 Å². The highest BCUT2D eigenvalue weighted by molar-refractivity contribution is 7.99. The molecule has 0 aliphatic carbocycles. The molecule has 0 fully saturated rings. The molecule has 1 aromatic carbocycles. The lowest BCUT2D eigenvalue weighted by atomic mass is 9.92. The lowest BCUT2D eigenvalue weighted by Crippen LogP contribution is -2.22. The number of aryl methyl sites for hydroxylation is 2. The van der Waals surface area contributed by atoms with Gasteiger partial charge in [0.1, 0.15) is 0 Å². The maximum Gasteiger partial charge on any atom is 0.230 e. The van der Waals surface area contributed by atoms with Gasteiger partial charge >= 0.3 is 0 Å². The van der Waals surface area contributed by atoms with Gasteiger partial charge in [-0.15, -0.1) is 11.8 Å². The molecule has 1 aromatic rings. The van der Waals surface area contributed by atoms with Crippen molar-refractivity contribution >= 4 is 23.5 Å². The first-order chi connectivity index (χ1) is 8.75. The number of nitrogens with two attached hydrogens (primary N) is 1. The van der Waals surface area contributed by atoms with Crippen molar-refractivity contribution in [3.63, 3.8) is 0 Å². The van der Waals surface area contributed by atoms with Crippen LogP contribution in [0.3, 0.4) is 0 Å². The summed E-state index contributed by atoms with van der Waals surface area (Å²) in [4.78, 5) is 22.8. The fourth-order valence-electron chi connectivity index (χ4n) is 2.28. The minimum atomic E-state index is -0.306. The molecule has 0 heterocycles. The molecule has 0 radical (unpaired) electrons. The molecule has 0 saturated carbocycles. The summed E-state index contributed by atoms with van der Waals surface area (Å²) < 4.78 is 0. The Balaban J connectivity index is 3.11. The molecule has 1 atom stereocenters. The number of amides is 1. The summed E-state index contributed by atoms with van der Waals surface area (Å²) in [5, 5.41) is -0.221. The summed E-state index contributed by atoms with van der Waals surface area (Å²) in [5.74, 6) is 0.478. The highest BCUT2D eigenvalue weighted by Crippen LogP contribution is 2.27. The van der Waals surface area contributed by atoms with Gasteiger partial charge in [0, 0.05) is 11.3 Å². The van der Waals surface area contributed by atoms with Crippen molar-refractivity contribution in [1.82, 2.24) is 0 Å². The molecule has 0 spiro atoms. The Bertz CT molecular complexity index is 523. The third-order valence-electron chi connectivity index (χ3n) is 3.36. The molecule has 3 nitrogen and oxygen atoms in total. The predicted molar refractivity (Wildman–Crippen MR) is 80.6 cm³/mol. The van der Waals surface area contributed by atoms with Crippen LogP contribution < -0.4 is 5.73 Å². The van der Waals surface area contributed by atoms with Crippen molar-refractivity contribution in [2.45, 2.75) is 45.6 Å². The molecule has 104 valence electrons. The van der Waals surface area contributed by atoms with Gasteiger partial charge in [-0.2, -0.15) is 0 Å². The van der Waals surface area contributed by atoms with Crippen LogP contribution in [-0.4, -0.2) is 16.9 Å². The van der Waals surface area contributed by atoms with Gasteiger partial charge in [-0.3, -0.25) is 9.59 Å². The fraction of sp³-hybridized carbons (Fsp3) is 0.467. The molecule has 19 heavy (non-hydrogen) atoms. The largest absolute Gasteiger partial charge is 0.369 e. The third kappa shape index (κ3) is 3.60. The van der Waals surface area contributed by atoms with E-state index in [1.54, 1.807) is 13.8 Å². The van der Waals surface area contributed by atoms with Crippen LogP contribution in [0.15, 0.2) is 6.07 Å². The maximum atomic E-state index is 11.7. The number of hydrogen-bond donors (Lipinski definition) is 1. The van der Waals surface area contributed by atoms with Gasteiger partial charge in [-0.25, -0.2) is 0 Å². The first-order valence-corrected chi connectivity index (χ1v) is 7.32. The fourth-order valence-corrected chi connectivity index (χ4v) is 3.31. The van der Waals surface area contributed by atoms with Gasteiger partial charge in [0.05, 0.1) is 5.25 Å². The molecule has 0 aliphatic rings. The SMILES string of the molecule is CC(=O)c1c(C)cc(C)c(CS[C@H](C)C(N)=O)c1C. The summed E-state index contributed by atoms with van der Waals surface area (Å²) in [5.41, 5.74) is 10.4. The summed E-state index contributed by atoms with van der Waals surface area (Å²) in [6.07, 6.45) is 0. The van der Waals surface area contributed by atoms with Crippen LogP contribution >= 0.6 is 11.8 Å². The van der Waals surface area contributed by atoms with Gasteiger partial charge in [0.25, 0.3) is 0 Å². The number of hydrogen-bond acceptors (Lipinski definition) is 3. The lowest BCUT2D eigenvalue weighted by Gasteiger charge is -2.16. The van der Waals surface area contributed by atoms with E-state index in [0.717, 1.165) is 27.8 Å². The summed E-state index contributed by atoms with van der Waals surface area (Å²) in [6, 6.07) is 2.04. The van der Waals surface area contributed by atoms with Crippen LogP contribution in [0.2, 0.25) is 0 Å². The molecule has 2 N–H and O–H groups in total. The molecule has 0 bridgehead atoms. The second kappa shape index (κ2) is 6.24.